The minimum atomic E-state index is -4.48. The molecule has 0 aromatic heterocycles. The molecular formula is C31H60NO7P. The fraction of sp³-hybridized carbons (Fsp3) is 0.839. The molecule has 0 aliphatic heterocycles. The lowest BCUT2D eigenvalue weighted by Gasteiger charge is -2.28. The van der Waals surface area contributed by atoms with Gasteiger partial charge in [0.25, 0.3) is 7.82 Å². The summed E-state index contributed by atoms with van der Waals surface area (Å²) in [6, 6.07) is 0. The van der Waals surface area contributed by atoms with E-state index in [1.165, 1.54) is 70.6 Å². The topological polar surface area (TPSA) is 94.1 Å². The highest BCUT2D eigenvalue weighted by atomic mass is 31.2. The Hall–Kier alpha value is -1.02. The standard InChI is InChI=1S/C31H60NO7P/c1-6-8-9-10-11-12-13-14-15-16-17-18-19-20-21-22-23-24-26-36-28-30(39-31(33)7-2)29-38-40(34,35)37-27-25-32(3,4)5/h11-12,14-15,30H,6-10,13,16-29H2,1-5H3/b12-11-,15-14-. The van der Waals surface area contributed by atoms with Crippen LogP contribution in [0.1, 0.15) is 110 Å². The Balaban J connectivity index is 3.84. The summed E-state index contributed by atoms with van der Waals surface area (Å²) in [5.41, 5.74) is 0. The molecule has 236 valence electrons. The van der Waals surface area contributed by atoms with E-state index in [0.29, 0.717) is 17.6 Å². The smallest absolute Gasteiger partial charge is 0.305 e. The van der Waals surface area contributed by atoms with Crippen molar-refractivity contribution in [3.05, 3.63) is 24.3 Å². The molecule has 0 aromatic rings. The van der Waals surface area contributed by atoms with E-state index >= 15 is 0 Å². The van der Waals surface area contributed by atoms with Crippen molar-refractivity contribution in [3.8, 4) is 0 Å². The van der Waals surface area contributed by atoms with Crippen LogP contribution in [0.15, 0.2) is 24.3 Å². The summed E-state index contributed by atoms with van der Waals surface area (Å²) in [4.78, 5) is 23.7. The van der Waals surface area contributed by atoms with E-state index in [4.69, 9.17) is 18.5 Å². The maximum atomic E-state index is 12.0. The summed E-state index contributed by atoms with van der Waals surface area (Å²) in [7, 11) is 1.34. The van der Waals surface area contributed by atoms with Crippen LogP contribution in [0.25, 0.3) is 0 Å². The monoisotopic (exact) mass is 589 g/mol. The number of rotatable bonds is 28. The van der Waals surface area contributed by atoms with Crippen LogP contribution < -0.4 is 4.89 Å². The van der Waals surface area contributed by atoms with Crippen molar-refractivity contribution >= 4 is 13.8 Å². The van der Waals surface area contributed by atoms with Crippen LogP contribution in [0, 0.1) is 0 Å². The van der Waals surface area contributed by atoms with E-state index < -0.39 is 19.9 Å². The van der Waals surface area contributed by atoms with Gasteiger partial charge >= 0.3 is 5.97 Å². The second kappa shape index (κ2) is 25.7. The van der Waals surface area contributed by atoms with Gasteiger partial charge < -0.3 is 27.9 Å². The second-order valence-corrected chi connectivity index (χ2v) is 12.8. The van der Waals surface area contributed by atoms with Crippen molar-refractivity contribution in [2.24, 2.45) is 0 Å². The van der Waals surface area contributed by atoms with Gasteiger partial charge in [0.1, 0.15) is 19.3 Å². The summed E-state index contributed by atoms with van der Waals surface area (Å²) < 4.78 is 33.4. The average molecular weight is 590 g/mol. The van der Waals surface area contributed by atoms with Gasteiger partial charge in [-0.25, -0.2) is 0 Å². The summed E-state index contributed by atoms with van der Waals surface area (Å²) in [6.45, 7) is 4.77. The number of nitrogens with zero attached hydrogens (tertiary/aromatic N) is 1. The second-order valence-electron chi connectivity index (χ2n) is 11.4. The predicted molar refractivity (Wildman–Crippen MR) is 162 cm³/mol. The Labute approximate surface area is 245 Å². The minimum absolute atomic E-state index is 0.0227. The van der Waals surface area contributed by atoms with Crippen molar-refractivity contribution in [3.63, 3.8) is 0 Å². The van der Waals surface area contributed by atoms with E-state index in [-0.39, 0.29) is 26.2 Å². The summed E-state index contributed by atoms with van der Waals surface area (Å²) in [6.07, 6.45) is 25.5. The van der Waals surface area contributed by atoms with Crippen LogP contribution in [0.5, 0.6) is 0 Å². The molecule has 0 heterocycles. The van der Waals surface area contributed by atoms with Gasteiger partial charge in [0.15, 0.2) is 0 Å². The zero-order valence-corrected chi connectivity index (χ0v) is 27.2. The SMILES string of the molecule is CCCCC/C=C\C/C=C\CCCCCCCCCCOCC(COP(=O)([O-])OCC[N+](C)(C)C)OC(=O)CC. The zero-order valence-electron chi connectivity index (χ0n) is 26.3. The molecule has 0 saturated carbocycles. The van der Waals surface area contributed by atoms with Crippen molar-refractivity contribution in [2.75, 3.05) is 54.1 Å². The molecule has 2 unspecified atom stereocenters. The molecular weight excluding hydrogens is 529 g/mol. The molecule has 9 heteroatoms. The highest BCUT2D eigenvalue weighted by Gasteiger charge is 2.19. The molecule has 0 bridgehead atoms. The van der Waals surface area contributed by atoms with Crippen molar-refractivity contribution in [1.29, 1.82) is 0 Å². The van der Waals surface area contributed by atoms with E-state index in [9.17, 15) is 14.3 Å². The maximum Gasteiger partial charge on any atom is 0.305 e. The number of carbonyl (C=O) groups excluding carboxylic acids is 1. The van der Waals surface area contributed by atoms with E-state index in [1.807, 2.05) is 21.1 Å². The first-order valence-electron chi connectivity index (χ1n) is 15.6. The van der Waals surface area contributed by atoms with Crippen LogP contribution in [-0.4, -0.2) is 70.7 Å². The molecule has 0 N–H and O–H groups in total. The Kier molecular flexibility index (Phi) is 25.0. The van der Waals surface area contributed by atoms with Gasteiger partial charge in [-0.2, -0.15) is 0 Å². The molecule has 0 aliphatic rings. The molecule has 8 nitrogen and oxygen atoms in total. The number of phosphoric ester groups is 1. The van der Waals surface area contributed by atoms with Crippen LogP contribution in [-0.2, 0) is 27.9 Å². The van der Waals surface area contributed by atoms with Crippen LogP contribution >= 0.6 is 7.82 Å². The number of quaternary nitrogens is 1. The maximum absolute atomic E-state index is 12.0. The van der Waals surface area contributed by atoms with Gasteiger partial charge in [0, 0.05) is 13.0 Å². The van der Waals surface area contributed by atoms with Crippen molar-refractivity contribution in [2.45, 2.75) is 116 Å². The third kappa shape index (κ3) is 28.5. The molecule has 2 atom stereocenters. The molecule has 0 radical (unpaired) electrons. The quantitative estimate of drug-likeness (QED) is 0.0315. The zero-order chi connectivity index (χ0) is 30.0. The normalized spacial score (nSPS) is 14.7. The number of allylic oxidation sites excluding steroid dienone is 4. The van der Waals surface area contributed by atoms with E-state index in [0.717, 1.165) is 19.3 Å². The fourth-order valence-corrected chi connectivity index (χ4v) is 4.51. The number of likely N-dealkylation sites (N-methyl/N-ethyl adjacent to an activating group) is 1. The van der Waals surface area contributed by atoms with Crippen molar-refractivity contribution in [1.82, 2.24) is 0 Å². The molecule has 0 spiro atoms. The summed E-state index contributed by atoms with van der Waals surface area (Å²) in [5.74, 6) is -0.426. The molecule has 0 aromatic carbocycles. The number of phosphoric acid groups is 1. The molecule has 0 amide bonds. The third-order valence-electron chi connectivity index (χ3n) is 6.31. The highest BCUT2D eigenvalue weighted by Crippen LogP contribution is 2.38. The molecule has 0 aliphatic carbocycles. The van der Waals surface area contributed by atoms with Gasteiger partial charge in [0.2, 0.25) is 0 Å². The van der Waals surface area contributed by atoms with Gasteiger partial charge in [-0.05, 0) is 38.5 Å². The van der Waals surface area contributed by atoms with Crippen molar-refractivity contribution < 1.29 is 37.3 Å². The van der Waals surface area contributed by atoms with Crippen LogP contribution in [0.2, 0.25) is 0 Å². The van der Waals surface area contributed by atoms with Gasteiger partial charge in [0.05, 0.1) is 34.4 Å². The first-order valence-corrected chi connectivity index (χ1v) is 17.0. The highest BCUT2D eigenvalue weighted by molar-refractivity contribution is 7.45. The number of hydrogen-bond acceptors (Lipinski definition) is 7. The Morgan fingerprint density at radius 1 is 0.775 bits per heavy atom. The lowest BCUT2D eigenvalue weighted by atomic mass is 10.1. The number of unbranched alkanes of at least 4 members (excludes halogenated alkanes) is 11. The van der Waals surface area contributed by atoms with E-state index in [1.54, 1.807) is 6.92 Å². The van der Waals surface area contributed by atoms with Gasteiger partial charge in [-0.3, -0.25) is 9.36 Å². The largest absolute Gasteiger partial charge is 0.756 e. The lowest BCUT2D eigenvalue weighted by molar-refractivity contribution is -0.870. The Bertz CT molecular complexity index is 706. The number of ether oxygens (including phenoxy) is 2. The lowest BCUT2D eigenvalue weighted by Crippen LogP contribution is -2.37. The first-order chi connectivity index (χ1) is 19.1. The van der Waals surface area contributed by atoms with Crippen LogP contribution in [0.3, 0.4) is 0 Å². The summed E-state index contributed by atoms with van der Waals surface area (Å²) in [5, 5.41) is 0. The molecule has 0 fully saturated rings. The number of hydrogen-bond donors (Lipinski definition) is 0. The first kappa shape index (κ1) is 39.0. The van der Waals surface area contributed by atoms with Gasteiger partial charge in [-0.15, -0.1) is 0 Å². The number of carbonyl (C=O) groups is 1. The van der Waals surface area contributed by atoms with Crippen LogP contribution in [0.4, 0.5) is 0 Å². The molecule has 0 saturated heterocycles. The predicted octanol–water partition coefficient (Wildman–Crippen LogP) is 7.13. The number of esters is 1. The molecule has 40 heavy (non-hydrogen) atoms. The molecule has 0 rings (SSSR count). The Morgan fingerprint density at radius 2 is 1.35 bits per heavy atom. The average Bonchev–Trinajstić information content (AvgIpc) is 2.89. The minimum Gasteiger partial charge on any atom is -0.756 e. The van der Waals surface area contributed by atoms with Gasteiger partial charge in [-0.1, -0.05) is 89.5 Å². The Morgan fingerprint density at radius 3 is 1.93 bits per heavy atom. The summed E-state index contributed by atoms with van der Waals surface area (Å²) >= 11 is 0. The van der Waals surface area contributed by atoms with E-state index in [2.05, 4.69) is 31.2 Å². The third-order valence-corrected chi connectivity index (χ3v) is 7.27. The fourth-order valence-electron chi connectivity index (χ4n) is 3.78.